The molecule has 0 aliphatic carbocycles. The van der Waals surface area contributed by atoms with Crippen LogP contribution in [0.1, 0.15) is 5.69 Å². The maximum Gasteiger partial charge on any atom is 0.269 e. The molecular weight excluding hydrogens is 358 g/mol. The minimum atomic E-state index is -0.442. The topological polar surface area (TPSA) is 148 Å². The maximum absolute atomic E-state index is 10.8. The number of aromatic nitrogens is 1. The van der Waals surface area contributed by atoms with Gasteiger partial charge in [-0.25, -0.2) is 4.99 Å². The Morgan fingerprint density at radius 1 is 1.19 bits per heavy atom. The first-order chi connectivity index (χ1) is 12.1. The molecule has 0 radical (unpaired) electrons. The molecule has 10 heteroatoms. The number of nitro groups is 1. The number of non-ortho nitro benzene ring substituents is 1. The number of anilines is 2. The van der Waals surface area contributed by atoms with Gasteiger partial charge in [0.25, 0.3) is 5.69 Å². The first kappa shape index (κ1) is 18.7. The number of hydrazone groups is 1. The van der Waals surface area contributed by atoms with Crippen LogP contribution in [-0.2, 0) is 0 Å². The van der Waals surface area contributed by atoms with Crippen LogP contribution in [0.5, 0.6) is 0 Å². The molecule has 26 heavy (non-hydrogen) atoms. The Bertz CT molecular complexity index is 980. The summed E-state index contributed by atoms with van der Waals surface area (Å²) in [7, 11) is 0. The summed E-state index contributed by atoms with van der Waals surface area (Å²) in [5.74, 6) is 5.02. The van der Waals surface area contributed by atoms with Crippen LogP contribution >= 0.6 is 12.4 Å². The number of aliphatic imine (C=N–C) groups is 1. The second kappa shape index (κ2) is 7.99. The number of nitrogens with zero attached hydrogens (tertiary/aromatic N) is 3. The number of aromatic amines is 1. The fourth-order valence-corrected chi connectivity index (χ4v) is 2.37. The van der Waals surface area contributed by atoms with Gasteiger partial charge in [-0.15, -0.1) is 17.5 Å². The third-order valence-electron chi connectivity index (χ3n) is 3.54. The highest BCUT2D eigenvalue weighted by atomic mass is 35.5. The summed E-state index contributed by atoms with van der Waals surface area (Å²) >= 11 is 0. The van der Waals surface area contributed by atoms with Crippen molar-refractivity contribution in [1.82, 2.24) is 4.98 Å². The van der Waals surface area contributed by atoms with Gasteiger partial charge < -0.3 is 21.9 Å². The molecule has 2 aromatic carbocycles. The fraction of sp³-hybridized carbons (Fsp3) is 0. The summed E-state index contributed by atoms with van der Waals surface area (Å²) in [4.78, 5) is 17.5. The van der Waals surface area contributed by atoms with Crippen LogP contribution in [0.2, 0.25) is 0 Å². The SMILES string of the molecule is Cl.NN=C(N)N=Cc1[nH]c2ccccc2c1Nc1ccc([N+](=O)[O-])cc1. The van der Waals surface area contributed by atoms with E-state index in [1.165, 1.54) is 18.3 Å². The molecule has 0 saturated carbocycles. The van der Waals surface area contributed by atoms with E-state index in [0.29, 0.717) is 11.4 Å². The van der Waals surface area contributed by atoms with Gasteiger partial charge in [0.2, 0.25) is 5.96 Å². The van der Waals surface area contributed by atoms with E-state index in [1.807, 2.05) is 24.3 Å². The Morgan fingerprint density at radius 3 is 2.54 bits per heavy atom. The van der Waals surface area contributed by atoms with Gasteiger partial charge in [-0.2, -0.15) is 0 Å². The van der Waals surface area contributed by atoms with Crippen molar-refractivity contribution in [1.29, 1.82) is 0 Å². The molecule has 3 aromatic rings. The van der Waals surface area contributed by atoms with E-state index in [1.54, 1.807) is 12.1 Å². The van der Waals surface area contributed by atoms with Crippen LogP contribution in [0, 0.1) is 10.1 Å². The lowest BCUT2D eigenvalue weighted by Crippen LogP contribution is -2.11. The van der Waals surface area contributed by atoms with Crippen LogP contribution in [0.25, 0.3) is 10.9 Å². The van der Waals surface area contributed by atoms with Crippen molar-refractivity contribution >= 4 is 52.5 Å². The number of hydrogen-bond acceptors (Lipinski definition) is 5. The monoisotopic (exact) mass is 373 g/mol. The van der Waals surface area contributed by atoms with Gasteiger partial charge in [0.15, 0.2) is 0 Å². The van der Waals surface area contributed by atoms with Gasteiger partial charge in [-0.1, -0.05) is 18.2 Å². The molecule has 9 nitrogen and oxygen atoms in total. The van der Waals surface area contributed by atoms with Crippen molar-refractivity contribution in [2.45, 2.75) is 0 Å². The van der Waals surface area contributed by atoms with E-state index in [-0.39, 0.29) is 24.1 Å². The van der Waals surface area contributed by atoms with Gasteiger partial charge in [0.1, 0.15) is 0 Å². The Morgan fingerprint density at radius 2 is 1.88 bits per heavy atom. The average Bonchev–Trinajstić information content (AvgIpc) is 2.98. The normalized spacial score (nSPS) is 11.5. The molecule has 134 valence electrons. The molecule has 0 spiro atoms. The van der Waals surface area contributed by atoms with E-state index >= 15 is 0 Å². The van der Waals surface area contributed by atoms with Gasteiger partial charge in [0.05, 0.1) is 22.5 Å². The number of rotatable bonds is 4. The summed E-state index contributed by atoms with van der Waals surface area (Å²) < 4.78 is 0. The lowest BCUT2D eigenvalue weighted by molar-refractivity contribution is -0.384. The molecule has 0 aliphatic heterocycles. The Hall–Kier alpha value is -3.59. The maximum atomic E-state index is 10.8. The standard InChI is InChI=1S/C16H15N7O2.ClH/c17-16(22-18)19-9-14-15(12-3-1-2-4-13(12)21-14)20-10-5-7-11(8-6-10)23(24)25;/h1-9,20-21H,18H2,(H2,17,22);1H. The number of para-hydroxylation sites is 1. The van der Waals surface area contributed by atoms with Crippen LogP contribution in [0.3, 0.4) is 0 Å². The molecule has 0 fully saturated rings. The highest BCUT2D eigenvalue weighted by Crippen LogP contribution is 2.30. The summed E-state index contributed by atoms with van der Waals surface area (Å²) in [6, 6.07) is 13.8. The van der Waals surface area contributed by atoms with Crippen LogP contribution in [0.15, 0.2) is 58.6 Å². The second-order valence-electron chi connectivity index (χ2n) is 5.13. The van der Waals surface area contributed by atoms with Gasteiger partial charge in [-0.3, -0.25) is 10.1 Å². The molecule has 0 saturated heterocycles. The van der Waals surface area contributed by atoms with Gasteiger partial charge in [0, 0.05) is 28.7 Å². The minimum Gasteiger partial charge on any atom is -0.367 e. The largest absolute Gasteiger partial charge is 0.367 e. The van der Waals surface area contributed by atoms with Gasteiger partial charge in [-0.05, 0) is 18.2 Å². The predicted octanol–water partition coefficient (Wildman–Crippen LogP) is 2.85. The van der Waals surface area contributed by atoms with E-state index in [4.69, 9.17) is 11.6 Å². The number of guanidine groups is 1. The summed E-state index contributed by atoms with van der Waals surface area (Å²) in [5, 5.41) is 18.2. The van der Waals surface area contributed by atoms with Crippen molar-refractivity contribution in [3.05, 3.63) is 64.3 Å². The van der Waals surface area contributed by atoms with E-state index in [0.717, 1.165) is 16.6 Å². The van der Waals surface area contributed by atoms with E-state index in [9.17, 15) is 10.1 Å². The lowest BCUT2D eigenvalue weighted by Gasteiger charge is -2.06. The van der Waals surface area contributed by atoms with E-state index < -0.39 is 4.92 Å². The summed E-state index contributed by atoms with van der Waals surface area (Å²) in [5.41, 5.74) is 8.55. The Kier molecular flexibility index (Phi) is 5.76. The third kappa shape index (κ3) is 3.90. The quantitative estimate of drug-likeness (QED) is 0.182. The molecular formula is C16H16ClN7O2. The third-order valence-corrected chi connectivity index (χ3v) is 3.54. The second-order valence-corrected chi connectivity index (χ2v) is 5.13. The number of H-pyrrole nitrogens is 1. The molecule has 1 heterocycles. The molecule has 3 rings (SSSR count). The summed E-state index contributed by atoms with van der Waals surface area (Å²) in [6.07, 6.45) is 1.51. The summed E-state index contributed by atoms with van der Waals surface area (Å²) in [6.45, 7) is 0. The lowest BCUT2D eigenvalue weighted by atomic mass is 10.2. The smallest absolute Gasteiger partial charge is 0.269 e. The molecule has 0 atom stereocenters. The zero-order valence-electron chi connectivity index (χ0n) is 13.4. The highest BCUT2D eigenvalue weighted by Gasteiger charge is 2.11. The number of nitro benzene ring substituents is 1. The average molecular weight is 374 g/mol. The number of nitrogens with two attached hydrogens (primary N) is 2. The van der Waals surface area contributed by atoms with Crippen LogP contribution in [0.4, 0.5) is 17.1 Å². The first-order valence-electron chi connectivity index (χ1n) is 7.28. The van der Waals surface area contributed by atoms with Crippen molar-refractivity contribution in [3.63, 3.8) is 0 Å². The molecule has 1 aromatic heterocycles. The Labute approximate surface area is 154 Å². The van der Waals surface area contributed by atoms with Gasteiger partial charge >= 0.3 is 0 Å². The molecule has 0 bridgehead atoms. The molecule has 6 N–H and O–H groups in total. The molecule has 0 unspecified atom stereocenters. The van der Waals surface area contributed by atoms with Crippen LogP contribution in [-0.4, -0.2) is 22.1 Å². The Balaban J connectivity index is 0.00000243. The van der Waals surface area contributed by atoms with Crippen molar-refractivity contribution < 1.29 is 4.92 Å². The minimum absolute atomic E-state index is 0. The molecule has 0 aliphatic rings. The fourth-order valence-electron chi connectivity index (χ4n) is 2.37. The molecule has 0 amide bonds. The number of hydrogen-bond donors (Lipinski definition) is 4. The van der Waals surface area contributed by atoms with Crippen LogP contribution < -0.4 is 16.9 Å². The zero-order valence-corrected chi connectivity index (χ0v) is 14.2. The number of benzene rings is 2. The van der Waals surface area contributed by atoms with Crippen molar-refractivity contribution in [2.75, 3.05) is 5.32 Å². The number of fused-ring (bicyclic) bond motifs is 1. The highest BCUT2D eigenvalue weighted by molar-refractivity contribution is 6.06. The number of halogens is 1. The van der Waals surface area contributed by atoms with Crippen molar-refractivity contribution in [3.8, 4) is 0 Å². The van der Waals surface area contributed by atoms with E-state index in [2.05, 4.69) is 20.4 Å². The predicted molar refractivity (Wildman–Crippen MR) is 105 cm³/mol. The van der Waals surface area contributed by atoms with Crippen molar-refractivity contribution in [2.24, 2.45) is 21.7 Å². The number of nitrogens with one attached hydrogen (secondary N) is 2. The first-order valence-corrected chi connectivity index (χ1v) is 7.28. The zero-order chi connectivity index (χ0) is 17.8.